The summed E-state index contributed by atoms with van der Waals surface area (Å²) in [5.41, 5.74) is 0. The minimum atomic E-state index is 0.597. The fourth-order valence-electron chi connectivity index (χ4n) is 3.24. The molecule has 0 amide bonds. The zero-order chi connectivity index (χ0) is 17.1. The van der Waals surface area contributed by atoms with E-state index in [1.54, 1.807) is 4.88 Å². The first-order valence-electron chi connectivity index (χ1n) is 8.50. The molecule has 0 nitrogen and oxygen atoms in total. The maximum absolute atomic E-state index is 2.46. The van der Waals surface area contributed by atoms with Crippen LogP contribution < -0.4 is 0 Å². The van der Waals surface area contributed by atoms with Gasteiger partial charge in [-0.15, -0.1) is 56.7 Å². The summed E-state index contributed by atoms with van der Waals surface area (Å²) in [5, 5.41) is 2.22. The zero-order valence-electron chi connectivity index (χ0n) is 14.3. The van der Waals surface area contributed by atoms with Crippen LogP contribution in [0.25, 0.3) is 28.2 Å². The Morgan fingerprint density at radius 1 is 0.760 bits per heavy atom. The lowest BCUT2D eigenvalue weighted by Crippen LogP contribution is -1.93. The van der Waals surface area contributed by atoms with E-state index in [-0.39, 0.29) is 0 Å². The van der Waals surface area contributed by atoms with Crippen molar-refractivity contribution in [3.05, 3.63) is 44.3 Å². The molecule has 5 heteroatoms. The molecular weight excluding hydrogens is 401 g/mol. The first-order chi connectivity index (χ1) is 12.1. The summed E-state index contributed by atoms with van der Waals surface area (Å²) in [6.45, 7) is 6.95. The van der Waals surface area contributed by atoms with E-state index >= 15 is 0 Å². The van der Waals surface area contributed by atoms with Gasteiger partial charge >= 0.3 is 0 Å². The van der Waals surface area contributed by atoms with Crippen molar-refractivity contribution >= 4 is 84.9 Å². The van der Waals surface area contributed by atoms with Crippen molar-refractivity contribution in [2.75, 3.05) is 0 Å². The molecule has 25 heavy (non-hydrogen) atoms. The van der Waals surface area contributed by atoms with Gasteiger partial charge in [-0.3, -0.25) is 0 Å². The van der Waals surface area contributed by atoms with Gasteiger partial charge in [-0.1, -0.05) is 20.8 Å². The predicted molar refractivity (Wildman–Crippen MR) is 121 cm³/mol. The Labute approximate surface area is 167 Å². The molecule has 5 aromatic rings. The van der Waals surface area contributed by atoms with Gasteiger partial charge in [0.2, 0.25) is 0 Å². The van der Waals surface area contributed by atoms with Crippen LogP contribution in [0.5, 0.6) is 0 Å². The Kier molecular flexibility index (Phi) is 4.06. The third-order valence-corrected chi connectivity index (χ3v) is 11.3. The van der Waals surface area contributed by atoms with Crippen molar-refractivity contribution in [2.45, 2.75) is 39.0 Å². The Balaban J connectivity index is 1.48. The van der Waals surface area contributed by atoms with Crippen LogP contribution >= 0.6 is 56.7 Å². The van der Waals surface area contributed by atoms with E-state index in [0.717, 1.165) is 6.42 Å². The SMILES string of the molecule is CC(C)c1ccc(CC(C)c2cc3sc4c5sccc5sc4c3s2)s1. The molecule has 0 aromatic carbocycles. The Morgan fingerprint density at radius 2 is 1.56 bits per heavy atom. The van der Waals surface area contributed by atoms with E-state index in [1.807, 2.05) is 56.7 Å². The largest absolute Gasteiger partial charge is 0.145 e. The van der Waals surface area contributed by atoms with Crippen LogP contribution in [0.2, 0.25) is 0 Å². The van der Waals surface area contributed by atoms with Crippen LogP contribution in [0.15, 0.2) is 29.6 Å². The summed E-state index contributed by atoms with van der Waals surface area (Å²) in [6, 6.07) is 9.37. The Bertz CT molecular complexity index is 1170. The fourth-order valence-corrected chi connectivity index (χ4v) is 9.82. The van der Waals surface area contributed by atoms with Crippen LogP contribution in [0.4, 0.5) is 0 Å². The number of hydrogen-bond donors (Lipinski definition) is 0. The van der Waals surface area contributed by atoms with Crippen LogP contribution in [-0.4, -0.2) is 0 Å². The normalized spacial score (nSPS) is 13.8. The predicted octanol–water partition coefficient (Wildman–Crippen LogP) is 8.92. The lowest BCUT2D eigenvalue weighted by Gasteiger charge is -2.07. The highest BCUT2D eigenvalue weighted by atomic mass is 32.1. The summed E-state index contributed by atoms with van der Waals surface area (Å²) in [6.07, 6.45) is 1.16. The van der Waals surface area contributed by atoms with Crippen LogP contribution in [0.1, 0.15) is 47.2 Å². The van der Waals surface area contributed by atoms with E-state index in [2.05, 4.69) is 50.4 Å². The second-order valence-electron chi connectivity index (χ2n) is 6.88. The van der Waals surface area contributed by atoms with Crippen molar-refractivity contribution in [2.24, 2.45) is 0 Å². The summed E-state index contributed by atoms with van der Waals surface area (Å²) in [4.78, 5) is 4.57. The smallest absolute Gasteiger partial charge is 0.0650 e. The first kappa shape index (κ1) is 16.5. The molecule has 0 N–H and O–H groups in total. The molecule has 1 atom stereocenters. The number of thiophene rings is 5. The highest BCUT2D eigenvalue weighted by Gasteiger charge is 2.18. The number of rotatable bonds is 4. The topological polar surface area (TPSA) is 0 Å². The molecule has 0 spiro atoms. The van der Waals surface area contributed by atoms with Gasteiger partial charge in [0.25, 0.3) is 0 Å². The van der Waals surface area contributed by atoms with E-state index in [9.17, 15) is 0 Å². The molecule has 0 saturated carbocycles. The molecule has 0 bridgehead atoms. The second-order valence-corrected chi connectivity index (χ2v) is 12.2. The van der Waals surface area contributed by atoms with Gasteiger partial charge in [-0.2, -0.15) is 0 Å². The van der Waals surface area contributed by atoms with Crippen LogP contribution in [-0.2, 0) is 6.42 Å². The molecular formula is C20H18S5. The monoisotopic (exact) mass is 418 g/mol. The highest BCUT2D eigenvalue weighted by molar-refractivity contribution is 7.44. The lowest BCUT2D eigenvalue weighted by atomic mass is 10.1. The fraction of sp³-hybridized carbons (Fsp3) is 0.300. The summed E-state index contributed by atoms with van der Waals surface area (Å²) >= 11 is 9.86. The lowest BCUT2D eigenvalue weighted by molar-refractivity contribution is 0.786. The molecule has 0 aliphatic rings. The number of fused-ring (bicyclic) bond motifs is 5. The van der Waals surface area contributed by atoms with Gasteiger partial charge in [0.15, 0.2) is 0 Å². The van der Waals surface area contributed by atoms with Gasteiger partial charge in [0.05, 0.1) is 18.8 Å². The second kappa shape index (κ2) is 6.17. The van der Waals surface area contributed by atoms with Gasteiger partial charge < -0.3 is 0 Å². The van der Waals surface area contributed by atoms with Crippen molar-refractivity contribution in [3.63, 3.8) is 0 Å². The van der Waals surface area contributed by atoms with E-state index < -0.39 is 0 Å². The van der Waals surface area contributed by atoms with Crippen molar-refractivity contribution in [3.8, 4) is 0 Å². The quantitative estimate of drug-likeness (QED) is 0.273. The first-order valence-corrected chi connectivity index (χ1v) is 12.6. The summed E-state index contributed by atoms with van der Waals surface area (Å²) < 4.78 is 8.97. The molecule has 5 aromatic heterocycles. The molecule has 0 fully saturated rings. The van der Waals surface area contributed by atoms with Gasteiger partial charge in [-0.05, 0) is 47.9 Å². The number of hydrogen-bond acceptors (Lipinski definition) is 5. The van der Waals surface area contributed by atoms with Crippen molar-refractivity contribution in [1.29, 1.82) is 0 Å². The third kappa shape index (κ3) is 2.72. The van der Waals surface area contributed by atoms with E-state index in [4.69, 9.17) is 0 Å². The molecule has 5 rings (SSSR count). The average Bonchev–Trinajstić information content (AvgIpc) is 3.31. The minimum absolute atomic E-state index is 0.597. The van der Waals surface area contributed by atoms with Crippen LogP contribution in [0, 0.1) is 0 Å². The van der Waals surface area contributed by atoms with Gasteiger partial charge in [0.1, 0.15) is 0 Å². The van der Waals surface area contributed by atoms with Crippen molar-refractivity contribution < 1.29 is 0 Å². The molecule has 0 radical (unpaired) electrons. The molecule has 0 saturated heterocycles. The Morgan fingerprint density at radius 3 is 2.36 bits per heavy atom. The summed E-state index contributed by atoms with van der Waals surface area (Å²) in [5.74, 6) is 1.24. The molecule has 0 aliphatic carbocycles. The maximum atomic E-state index is 2.46. The average molecular weight is 419 g/mol. The molecule has 1 unspecified atom stereocenters. The van der Waals surface area contributed by atoms with E-state index in [1.165, 1.54) is 38.0 Å². The standard InChI is InChI=1S/C20H18S5/c1-10(2)13-5-4-12(22-13)8-11(3)15-9-16-18(24-15)20-19(25-16)17-14(23-20)6-7-21-17/h4-7,9-11H,8H2,1-3H3. The van der Waals surface area contributed by atoms with Gasteiger partial charge in [0, 0.05) is 24.0 Å². The highest BCUT2D eigenvalue weighted by Crippen LogP contribution is 2.49. The van der Waals surface area contributed by atoms with E-state index in [0.29, 0.717) is 11.8 Å². The van der Waals surface area contributed by atoms with Crippen LogP contribution in [0.3, 0.4) is 0 Å². The van der Waals surface area contributed by atoms with Gasteiger partial charge in [-0.25, -0.2) is 0 Å². The molecule has 128 valence electrons. The van der Waals surface area contributed by atoms with Crippen molar-refractivity contribution in [1.82, 2.24) is 0 Å². The molecule has 5 heterocycles. The summed E-state index contributed by atoms with van der Waals surface area (Å²) in [7, 11) is 0. The maximum Gasteiger partial charge on any atom is 0.0650 e. The minimum Gasteiger partial charge on any atom is -0.145 e. The molecule has 0 aliphatic heterocycles. The zero-order valence-corrected chi connectivity index (χ0v) is 18.4. The Hall–Kier alpha value is -0.720. The third-order valence-electron chi connectivity index (χ3n) is 4.63.